The Balaban J connectivity index is 1.37. The Morgan fingerprint density at radius 3 is 2.33 bits per heavy atom. The number of carbonyl (C=O) groups excluding carboxylic acids is 1. The van der Waals surface area contributed by atoms with Gasteiger partial charge in [0, 0.05) is 46.0 Å². The monoisotopic (exact) mass is 573 g/mol. The van der Waals surface area contributed by atoms with Crippen molar-refractivity contribution >= 4 is 51.9 Å². The first kappa shape index (κ1) is 26.9. The zero-order valence-electron chi connectivity index (χ0n) is 21.3. The Bertz CT molecular complexity index is 1670. The van der Waals surface area contributed by atoms with Gasteiger partial charge in [0.2, 0.25) is 11.9 Å². The molecule has 204 valence electrons. The number of imidazole rings is 1. The third-order valence-electron chi connectivity index (χ3n) is 6.81. The van der Waals surface area contributed by atoms with Crippen LogP contribution in [0.4, 0.5) is 16.0 Å². The molecule has 0 radical (unpaired) electrons. The van der Waals surface area contributed by atoms with E-state index in [0.29, 0.717) is 53.4 Å². The molecule has 13 heteroatoms. The van der Waals surface area contributed by atoms with Crippen molar-refractivity contribution in [3.05, 3.63) is 84.7 Å². The number of hydrogen-bond acceptors (Lipinski definition) is 6. The van der Waals surface area contributed by atoms with Gasteiger partial charge in [0.1, 0.15) is 5.82 Å². The van der Waals surface area contributed by atoms with E-state index < -0.39 is 11.2 Å². The highest BCUT2D eigenvalue weighted by atomic mass is 35.5. The standard InChI is InChI=1S/C26H26Cl2FN7O3/c1-32-23-22(24(38)33(2)26(32)39)36(14-16-3-5-17(29)6-4-16)25(31-23)35-11-9-34(10-12-35)15-21(37)30-18-7-8-19(27)20(28)13-18/h3-8,13H,9-12,14-15H2,1-2H3,(H,30,37). The van der Waals surface area contributed by atoms with Gasteiger partial charge in [-0.05, 0) is 35.9 Å². The number of carbonyl (C=O) groups is 1. The summed E-state index contributed by atoms with van der Waals surface area (Å²) in [6, 6.07) is 11.0. The van der Waals surface area contributed by atoms with Crippen LogP contribution in [0.2, 0.25) is 10.0 Å². The van der Waals surface area contributed by atoms with Gasteiger partial charge in [0.15, 0.2) is 11.2 Å². The normalized spacial score (nSPS) is 14.2. The van der Waals surface area contributed by atoms with Crippen LogP contribution in [0.25, 0.3) is 11.2 Å². The third-order valence-corrected chi connectivity index (χ3v) is 7.55. The third kappa shape index (κ3) is 5.42. The molecule has 10 nitrogen and oxygen atoms in total. The minimum Gasteiger partial charge on any atom is -0.340 e. The molecule has 39 heavy (non-hydrogen) atoms. The van der Waals surface area contributed by atoms with Gasteiger partial charge in [-0.1, -0.05) is 35.3 Å². The number of aromatic nitrogens is 4. The molecule has 3 heterocycles. The molecule has 0 spiro atoms. The average molecular weight is 574 g/mol. The van der Waals surface area contributed by atoms with Gasteiger partial charge in [0.05, 0.1) is 23.1 Å². The van der Waals surface area contributed by atoms with Crippen LogP contribution in [-0.4, -0.2) is 62.2 Å². The molecule has 1 aliphatic heterocycles. The summed E-state index contributed by atoms with van der Waals surface area (Å²) in [4.78, 5) is 47.1. The number of nitrogens with one attached hydrogen (secondary N) is 1. The van der Waals surface area contributed by atoms with Crippen molar-refractivity contribution in [3.8, 4) is 0 Å². The van der Waals surface area contributed by atoms with E-state index in [4.69, 9.17) is 28.2 Å². The van der Waals surface area contributed by atoms with E-state index in [-0.39, 0.29) is 30.5 Å². The van der Waals surface area contributed by atoms with Crippen molar-refractivity contribution in [3.63, 3.8) is 0 Å². The zero-order valence-corrected chi connectivity index (χ0v) is 22.8. The average Bonchev–Trinajstić information content (AvgIpc) is 3.29. The van der Waals surface area contributed by atoms with Gasteiger partial charge < -0.3 is 10.2 Å². The number of benzene rings is 2. The van der Waals surface area contributed by atoms with Crippen molar-refractivity contribution in [1.29, 1.82) is 0 Å². The van der Waals surface area contributed by atoms with Crippen LogP contribution >= 0.6 is 23.2 Å². The summed E-state index contributed by atoms with van der Waals surface area (Å²) in [6.45, 7) is 2.69. The lowest BCUT2D eigenvalue weighted by atomic mass is 10.2. The minimum absolute atomic E-state index is 0.177. The molecule has 1 aliphatic rings. The molecule has 0 unspecified atom stereocenters. The van der Waals surface area contributed by atoms with E-state index >= 15 is 0 Å². The predicted molar refractivity (Wildman–Crippen MR) is 149 cm³/mol. The molecule has 0 atom stereocenters. The first-order valence-corrected chi connectivity index (χ1v) is 13.0. The fraction of sp³-hybridized carbons (Fsp3) is 0.308. The number of amides is 1. The summed E-state index contributed by atoms with van der Waals surface area (Å²) in [7, 11) is 3.01. The Labute approximate surface area is 232 Å². The van der Waals surface area contributed by atoms with Crippen LogP contribution in [0.5, 0.6) is 0 Å². The number of hydrogen-bond donors (Lipinski definition) is 1. The van der Waals surface area contributed by atoms with E-state index in [9.17, 15) is 18.8 Å². The first-order chi connectivity index (χ1) is 18.6. The zero-order chi connectivity index (χ0) is 27.8. The maximum absolute atomic E-state index is 13.5. The van der Waals surface area contributed by atoms with Crippen LogP contribution in [-0.2, 0) is 25.4 Å². The molecule has 1 saturated heterocycles. The lowest BCUT2D eigenvalue weighted by Gasteiger charge is -2.35. The van der Waals surface area contributed by atoms with Crippen molar-refractivity contribution in [2.24, 2.45) is 14.1 Å². The molecule has 0 aliphatic carbocycles. The fourth-order valence-corrected chi connectivity index (χ4v) is 4.98. The van der Waals surface area contributed by atoms with Crippen LogP contribution in [0, 0.1) is 5.82 Å². The molecule has 2 aromatic heterocycles. The van der Waals surface area contributed by atoms with Gasteiger partial charge in [0.25, 0.3) is 5.56 Å². The molecule has 2 aromatic carbocycles. The maximum Gasteiger partial charge on any atom is 0.332 e. The van der Waals surface area contributed by atoms with E-state index in [1.165, 1.54) is 23.7 Å². The highest BCUT2D eigenvalue weighted by Crippen LogP contribution is 2.25. The number of halogens is 3. The number of fused-ring (bicyclic) bond motifs is 1. The second-order valence-electron chi connectivity index (χ2n) is 9.44. The van der Waals surface area contributed by atoms with E-state index in [1.54, 1.807) is 41.9 Å². The van der Waals surface area contributed by atoms with Crippen molar-refractivity contribution in [2.45, 2.75) is 6.54 Å². The van der Waals surface area contributed by atoms with Gasteiger partial charge in [-0.3, -0.25) is 28.2 Å². The number of anilines is 2. The smallest absolute Gasteiger partial charge is 0.332 e. The van der Waals surface area contributed by atoms with Crippen molar-refractivity contribution in [1.82, 2.24) is 23.6 Å². The van der Waals surface area contributed by atoms with E-state index in [1.807, 2.05) is 9.80 Å². The highest BCUT2D eigenvalue weighted by molar-refractivity contribution is 6.42. The van der Waals surface area contributed by atoms with E-state index in [0.717, 1.165) is 10.1 Å². The van der Waals surface area contributed by atoms with Gasteiger partial charge in [-0.2, -0.15) is 4.98 Å². The highest BCUT2D eigenvalue weighted by Gasteiger charge is 2.26. The summed E-state index contributed by atoms with van der Waals surface area (Å²) in [5.41, 5.74) is 1.00. The molecule has 1 fully saturated rings. The van der Waals surface area contributed by atoms with Crippen LogP contribution in [0.3, 0.4) is 0 Å². The second-order valence-corrected chi connectivity index (χ2v) is 10.3. The molecular formula is C26H26Cl2FN7O3. The molecular weight excluding hydrogens is 548 g/mol. The summed E-state index contributed by atoms with van der Waals surface area (Å²) >= 11 is 12.0. The number of aryl methyl sites for hydroxylation is 1. The summed E-state index contributed by atoms with van der Waals surface area (Å²) < 4.78 is 17.7. The number of piperazine rings is 1. The molecule has 0 saturated carbocycles. The lowest BCUT2D eigenvalue weighted by molar-refractivity contribution is -0.117. The quantitative estimate of drug-likeness (QED) is 0.381. The molecule has 0 bridgehead atoms. The van der Waals surface area contributed by atoms with Gasteiger partial charge >= 0.3 is 5.69 Å². The SMILES string of the molecule is Cn1c(=O)c2c(nc(N3CCN(CC(=O)Nc4ccc(Cl)c(Cl)c4)CC3)n2Cc2ccc(F)cc2)n(C)c1=O. The minimum atomic E-state index is -0.469. The van der Waals surface area contributed by atoms with Crippen molar-refractivity contribution < 1.29 is 9.18 Å². The Kier molecular flexibility index (Phi) is 7.48. The van der Waals surface area contributed by atoms with Crippen LogP contribution < -0.4 is 21.5 Å². The molecule has 5 rings (SSSR count). The predicted octanol–water partition coefficient (Wildman–Crippen LogP) is 2.69. The fourth-order valence-electron chi connectivity index (χ4n) is 4.68. The van der Waals surface area contributed by atoms with Crippen LogP contribution in [0.1, 0.15) is 5.56 Å². The van der Waals surface area contributed by atoms with Crippen molar-refractivity contribution in [2.75, 3.05) is 42.9 Å². The van der Waals surface area contributed by atoms with Gasteiger partial charge in [-0.15, -0.1) is 0 Å². The first-order valence-electron chi connectivity index (χ1n) is 12.3. The lowest BCUT2D eigenvalue weighted by Crippen LogP contribution is -2.49. The largest absolute Gasteiger partial charge is 0.340 e. The van der Waals surface area contributed by atoms with Crippen LogP contribution in [0.15, 0.2) is 52.1 Å². The Morgan fingerprint density at radius 2 is 1.67 bits per heavy atom. The van der Waals surface area contributed by atoms with Gasteiger partial charge in [-0.25, -0.2) is 9.18 Å². The second kappa shape index (κ2) is 10.8. The summed E-state index contributed by atoms with van der Waals surface area (Å²) in [6.07, 6.45) is 0. The maximum atomic E-state index is 13.5. The Morgan fingerprint density at radius 1 is 0.974 bits per heavy atom. The topological polar surface area (TPSA) is 97.4 Å². The Hall–Kier alpha value is -3.67. The number of nitrogens with zero attached hydrogens (tertiary/aromatic N) is 6. The molecule has 4 aromatic rings. The summed E-state index contributed by atoms with van der Waals surface area (Å²) in [5, 5.41) is 3.60. The summed E-state index contributed by atoms with van der Waals surface area (Å²) in [5.74, 6) is 0.00325. The number of rotatable bonds is 6. The molecule has 1 amide bonds. The molecule has 1 N–H and O–H groups in total. The van der Waals surface area contributed by atoms with E-state index in [2.05, 4.69) is 5.32 Å².